The molecule has 2 N–H and O–H groups in total. The van der Waals surface area contributed by atoms with E-state index in [9.17, 15) is 4.39 Å². The van der Waals surface area contributed by atoms with Gasteiger partial charge in [-0.25, -0.2) is 9.37 Å². The molecule has 0 saturated carbocycles. The Hall–Kier alpha value is -2.17. The van der Waals surface area contributed by atoms with Crippen LogP contribution in [0.1, 0.15) is 11.1 Å². The lowest BCUT2D eigenvalue weighted by atomic mass is 10.1. The molecule has 0 radical (unpaired) electrons. The zero-order valence-corrected chi connectivity index (χ0v) is 10.6. The fourth-order valence-corrected chi connectivity index (χ4v) is 1.90. The Labute approximate surface area is 105 Å². The molecule has 2 rings (SSSR count). The summed E-state index contributed by atoms with van der Waals surface area (Å²) in [7, 11) is 1.75. The summed E-state index contributed by atoms with van der Waals surface area (Å²) >= 11 is 0. The zero-order valence-electron chi connectivity index (χ0n) is 10.6. The highest BCUT2D eigenvalue weighted by molar-refractivity contribution is 5.64. The Kier molecular flexibility index (Phi) is 3.14. The van der Waals surface area contributed by atoms with Crippen LogP contribution in [0.5, 0.6) is 0 Å². The van der Waals surface area contributed by atoms with Crippen LogP contribution >= 0.6 is 0 Å². The van der Waals surface area contributed by atoms with Gasteiger partial charge in [0.05, 0.1) is 6.20 Å². The Morgan fingerprint density at radius 3 is 2.67 bits per heavy atom. The highest BCUT2D eigenvalue weighted by Crippen LogP contribution is 2.27. The first-order chi connectivity index (χ1) is 8.49. The van der Waals surface area contributed by atoms with E-state index in [0.29, 0.717) is 0 Å². The predicted octanol–water partition coefficient (Wildman–Crippen LogP) is 2.58. The van der Waals surface area contributed by atoms with Crippen LogP contribution in [0.15, 0.2) is 24.4 Å². The monoisotopic (exact) mass is 246 g/mol. The smallest absolute Gasteiger partial charge is 0.222 e. The second-order valence-corrected chi connectivity index (χ2v) is 4.25. The lowest BCUT2D eigenvalue weighted by molar-refractivity contribution is 0.614. The minimum Gasteiger partial charge on any atom is -0.368 e. The summed E-state index contributed by atoms with van der Waals surface area (Å²) in [4.78, 5) is 9.22. The van der Waals surface area contributed by atoms with Gasteiger partial charge in [0.2, 0.25) is 5.95 Å². The maximum atomic E-state index is 13.7. The molecule has 1 aromatic carbocycles. The number of rotatable bonds is 2. The van der Waals surface area contributed by atoms with Crippen LogP contribution in [0, 0.1) is 19.7 Å². The molecule has 0 aliphatic heterocycles. The molecule has 18 heavy (non-hydrogen) atoms. The van der Waals surface area contributed by atoms with Gasteiger partial charge in [-0.2, -0.15) is 4.98 Å². The van der Waals surface area contributed by atoms with Crippen molar-refractivity contribution in [1.29, 1.82) is 0 Å². The molecule has 4 nitrogen and oxygen atoms in total. The van der Waals surface area contributed by atoms with Crippen LogP contribution in [0.25, 0.3) is 0 Å². The number of aromatic nitrogens is 2. The van der Waals surface area contributed by atoms with Gasteiger partial charge < -0.3 is 10.6 Å². The van der Waals surface area contributed by atoms with Gasteiger partial charge in [-0.3, -0.25) is 0 Å². The van der Waals surface area contributed by atoms with Gasteiger partial charge in [0.15, 0.2) is 11.6 Å². The van der Waals surface area contributed by atoms with Crippen LogP contribution in [-0.2, 0) is 0 Å². The fraction of sp³-hybridized carbons (Fsp3) is 0.231. The number of hydrogen-bond acceptors (Lipinski definition) is 4. The average molecular weight is 246 g/mol. The number of nitrogens with two attached hydrogens (primary N) is 1. The van der Waals surface area contributed by atoms with Crippen molar-refractivity contribution < 1.29 is 4.39 Å². The molecule has 0 spiro atoms. The highest BCUT2D eigenvalue weighted by Gasteiger charge is 2.14. The minimum atomic E-state index is -0.494. The molecule has 0 aliphatic rings. The van der Waals surface area contributed by atoms with Gasteiger partial charge in [-0.1, -0.05) is 17.7 Å². The molecule has 1 heterocycles. The quantitative estimate of drug-likeness (QED) is 0.884. The van der Waals surface area contributed by atoms with Gasteiger partial charge in [0.1, 0.15) is 0 Å². The first-order valence-electron chi connectivity index (χ1n) is 5.58. The number of aryl methyl sites for hydroxylation is 2. The molecule has 1 aromatic heterocycles. The summed E-state index contributed by atoms with van der Waals surface area (Å²) in [5.41, 5.74) is 8.59. The fourth-order valence-electron chi connectivity index (χ4n) is 1.90. The van der Waals surface area contributed by atoms with Crippen LogP contribution in [0.2, 0.25) is 0 Å². The highest BCUT2D eigenvalue weighted by atomic mass is 19.1. The molecule has 0 fully saturated rings. The van der Waals surface area contributed by atoms with Gasteiger partial charge in [0, 0.05) is 12.7 Å². The number of nitrogens with zero attached hydrogens (tertiary/aromatic N) is 3. The first-order valence-corrected chi connectivity index (χ1v) is 5.58. The molecule has 0 saturated heterocycles. The molecular weight excluding hydrogens is 231 g/mol. The van der Waals surface area contributed by atoms with E-state index in [4.69, 9.17) is 5.73 Å². The van der Waals surface area contributed by atoms with Crippen molar-refractivity contribution in [3.63, 3.8) is 0 Å². The summed E-state index contributed by atoms with van der Waals surface area (Å²) in [6, 6.07) is 5.94. The van der Waals surface area contributed by atoms with Crippen LogP contribution in [0.3, 0.4) is 0 Å². The standard InChI is InChI=1S/C13H15FN4/c1-8-4-5-11(9(2)6-8)18(3)12-10(14)7-16-13(15)17-12/h4-7H,1-3H3,(H2,15,16,17). The number of halogens is 1. The van der Waals surface area contributed by atoms with E-state index in [-0.39, 0.29) is 11.8 Å². The molecule has 5 heteroatoms. The molecule has 0 aliphatic carbocycles. The van der Waals surface area contributed by atoms with Crippen molar-refractivity contribution in [1.82, 2.24) is 9.97 Å². The van der Waals surface area contributed by atoms with Crippen LogP contribution in [-0.4, -0.2) is 17.0 Å². The molecular formula is C13H15FN4. The summed E-state index contributed by atoms with van der Waals surface area (Å²) < 4.78 is 13.7. The Morgan fingerprint density at radius 2 is 2.00 bits per heavy atom. The second-order valence-electron chi connectivity index (χ2n) is 4.25. The summed E-state index contributed by atoms with van der Waals surface area (Å²) in [5.74, 6) is -0.260. The van der Waals surface area contributed by atoms with Gasteiger partial charge in [-0.05, 0) is 25.5 Å². The number of anilines is 3. The third-order valence-corrected chi connectivity index (χ3v) is 2.78. The van der Waals surface area contributed by atoms with Crippen molar-refractivity contribution in [2.24, 2.45) is 0 Å². The Morgan fingerprint density at radius 1 is 1.28 bits per heavy atom. The largest absolute Gasteiger partial charge is 0.368 e. The lowest BCUT2D eigenvalue weighted by Crippen LogP contribution is -2.15. The van der Waals surface area contributed by atoms with Crippen molar-refractivity contribution in [2.75, 3.05) is 17.7 Å². The van der Waals surface area contributed by atoms with Crippen molar-refractivity contribution in [3.05, 3.63) is 41.3 Å². The van der Waals surface area contributed by atoms with Crippen molar-refractivity contribution in [3.8, 4) is 0 Å². The van der Waals surface area contributed by atoms with E-state index in [2.05, 4.69) is 9.97 Å². The van der Waals surface area contributed by atoms with E-state index in [1.807, 2.05) is 32.0 Å². The second kappa shape index (κ2) is 4.60. The zero-order chi connectivity index (χ0) is 13.3. The maximum absolute atomic E-state index is 13.7. The molecule has 94 valence electrons. The Bertz CT molecular complexity index is 583. The summed E-state index contributed by atoms with van der Waals surface area (Å²) in [6.45, 7) is 3.99. The summed E-state index contributed by atoms with van der Waals surface area (Å²) in [5, 5.41) is 0. The molecule has 0 unspecified atom stereocenters. The Balaban J connectivity index is 2.47. The maximum Gasteiger partial charge on any atom is 0.222 e. The minimum absolute atomic E-state index is 0.0583. The van der Waals surface area contributed by atoms with E-state index >= 15 is 0 Å². The van der Waals surface area contributed by atoms with E-state index in [1.54, 1.807) is 11.9 Å². The third-order valence-electron chi connectivity index (χ3n) is 2.78. The number of hydrogen-bond donors (Lipinski definition) is 1. The molecule has 2 aromatic rings. The first kappa shape index (κ1) is 12.3. The predicted molar refractivity (Wildman–Crippen MR) is 70.4 cm³/mol. The van der Waals surface area contributed by atoms with Crippen LogP contribution < -0.4 is 10.6 Å². The molecule has 0 bridgehead atoms. The van der Waals surface area contributed by atoms with Crippen molar-refractivity contribution in [2.45, 2.75) is 13.8 Å². The average Bonchev–Trinajstić information content (AvgIpc) is 2.31. The van der Waals surface area contributed by atoms with Crippen LogP contribution in [0.4, 0.5) is 21.8 Å². The lowest BCUT2D eigenvalue weighted by Gasteiger charge is -2.21. The van der Waals surface area contributed by atoms with E-state index in [1.165, 1.54) is 0 Å². The van der Waals surface area contributed by atoms with E-state index in [0.717, 1.165) is 23.0 Å². The van der Waals surface area contributed by atoms with Gasteiger partial charge >= 0.3 is 0 Å². The molecule has 0 amide bonds. The third kappa shape index (κ3) is 2.25. The normalized spacial score (nSPS) is 10.4. The van der Waals surface area contributed by atoms with Crippen molar-refractivity contribution >= 4 is 17.5 Å². The number of benzene rings is 1. The van der Waals surface area contributed by atoms with Gasteiger partial charge in [0.25, 0.3) is 0 Å². The SMILES string of the molecule is Cc1ccc(N(C)c2nc(N)ncc2F)c(C)c1. The topological polar surface area (TPSA) is 55.0 Å². The number of nitrogen functional groups attached to an aromatic ring is 1. The summed E-state index contributed by atoms with van der Waals surface area (Å²) in [6.07, 6.45) is 1.08. The van der Waals surface area contributed by atoms with Gasteiger partial charge in [-0.15, -0.1) is 0 Å². The molecule has 0 atom stereocenters. The van der Waals surface area contributed by atoms with E-state index < -0.39 is 5.82 Å².